The summed E-state index contributed by atoms with van der Waals surface area (Å²) in [4.78, 5) is 11.5. The minimum Gasteiger partial charge on any atom is -0.481 e. The molecule has 1 heterocycles. The van der Waals surface area contributed by atoms with Gasteiger partial charge in [0.1, 0.15) is 5.82 Å². The Morgan fingerprint density at radius 2 is 2.00 bits per heavy atom. The lowest BCUT2D eigenvalue weighted by Gasteiger charge is -2.42. The van der Waals surface area contributed by atoms with Gasteiger partial charge in [0.25, 0.3) is 0 Å². The molecule has 0 radical (unpaired) electrons. The van der Waals surface area contributed by atoms with Crippen LogP contribution in [0.5, 0.6) is 0 Å². The molecule has 2 atom stereocenters. The van der Waals surface area contributed by atoms with Gasteiger partial charge in [-0.15, -0.1) is 0 Å². The molecule has 6 nitrogen and oxygen atoms in total. The summed E-state index contributed by atoms with van der Waals surface area (Å²) in [5, 5.41) is 19.8. The molecule has 0 spiro atoms. The average molecular weight is 345 g/mol. The van der Waals surface area contributed by atoms with E-state index in [1.165, 1.54) is 0 Å². The molecule has 2 rings (SSSR count). The molecule has 1 aliphatic heterocycles. The summed E-state index contributed by atoms with van der Waals surface area (Å²) in [5.74, 6) is -1.65. The average Bonchev–Trinajstić information content (AvgIpc) is 2.49. The van der Waals surface area contributed by atoms with Crippen LogP contribution in [0, 0.1) is 11.2 Å². The van der Waals surface area contributed by atoms with Crippen LogP contribution in [0.3, 0.4) is 0 Å². The zero-order valence-corrected chi connectivity index (χ0v) is 13.6. The molecule has 1 fully saturated rings. The Hall–Kier alpha value is -1.51. The first-order valence-corrected chi connectivity index (χ1v) is 8.85. The van der Waals surface area contributed by atoms with Crippen molar-refractivity contribution in [1.29, 1.82) is 0 Å². The van der Waals surface area contributed by atoms with Crippen LogP contribution < -0.4 is 0 Å². The Labute approximate surface area is 134 Å². The zero-order valence-electron chi connectivity index (χ0n) is 12.8. The summed E-state index contributed by atoms with van der Waals surface area (Å²) in [6.07, 6.45) is -0.385. The monoisotopic (exact) mass is 345 g/mol. The van der Waals surface area contributed by atoms with Gasteiger partial charge in [-0.1, -0.05) is 13.3 Å². The number of aliphatic hydroxyl groups excluding tert-OH is 1. The molecule has 0 saturated carbocycles. The molecule has 1 aromatic rings. The maximum atomic E-state index is 12.9. The summed E-state index contributed by atoms with van der Waals surface area (Å²) in [7, 11) is -3.89. The van der Waals surface area contributed by atoms with E-state index in [-0.39, 0.29) is 30.8 Å². The number of piperidine rings is 1. The van der Waals surface area contributed by atoms with E-state index in [2.05, 4.69) is 0 Å². The van der Waals surface area contributed by atoms with Crippen molar-refractivity contribution in [1.82, 2.24) is 4.31 Å². The third-order valence-corrected chi connectivity index (χ3v) is 6.27. The molecule has 1 aliphatic rings. The number of halogens is 1. The van der Waals surface area contributed by atoms with E-state index in [0.29, 0.717) is 6.42 Å². The van der Waals surface area contributed by atoms with Crippen molar-refractivity contribution >= 4 is 16.0 Å². The number of sulfonamides is 1. The summed E-state index contributed by atoms with van der Waals surface area (Å²) in [6, 6.07) is 4.40. The van der Waals surface area contributed by atoms with Crippen molar-refractivity contribution in [2.45, 2.75) is 37.2 Å². The number of aliphatic carboxylic acids is 1. The molecule has 0 amide bonds. The van der Waals surface area contributed by atoms with E-state index in [0.717, 1.165) is 28.6 Å². The number of hydrogen-bond donors (Lipinski definition) is 2. The molecule has 0 aliphatic carbocycles. The topological polar surface area (TPSA) is 94.9 Å². The standard InChI is InChI=1S/C15H20FNO5S/c1-2-7-15(14(19)20)8-9-17(10-13(15)18)23(21,22)12-5-3-11(16)4-6-12/h3-6,13,18H,2,7-10H2,1H3,(H,19,20)/t13-,15+/m1/s1. The highest BCUT2D eigenvalue weighted by molar-refractivity contribution is 7.89. The lowest BCUT2D eigenvalue weighted by molar-refractivity contribution is -0.162. The highest BCUT2D eigenvalue weighted by Gasteiger charge is 2.49. The fraction of sp³-hybridized carbons (Fsp3) is 0.533. The summed E-state index contributed by atoms with van der Waals surface area (Å²) < 4.78 is 39.1. The second kappa shape index (κ2) is 6.54. The largest absolute Gasteiger partial charge is 0.481 e. The second-order valence-corrected chi connectivity index (χ2v) is 7.73. The van der Waals surface area contributed by atoms with Crippen LogP contribution in [-0.2, 0) is 14.8 Å². The second-order valence-electron chi connectivity index (χ2n) is 5.79. The first-order valence-electron chi connectivity index (χ1n) is 7.41. The number of rotatable bonds is 5. The predicted octanol–water partition coefficient (Wildman–Crippen LogP) is 1.45. The number of β-amino-alcohol motifs (C(OH)–C–C–N with tert-alkyl or cyclic N) is 1. The molecular weight excluding hydrogens is 325 g/mol. The summed E-state index contributed by atoms with van der Waals surface area (Å²) in [6.45, 7) is 1.54. The van der Waals surface area contributed by atoms with Crippen molar-refractivity contribution in [2.24, 2.45) is 5.41 Å². The summed E-state index contributed by atoms with van der Waals surface area (Å²) in [5.41, 5.74) is -1.32. The highest BCUT2D eigenvalue weighted by Crippen LogP contribution is 2.38. The van der Waals surface area contributed by atoms with E-state index in [4.69, 9.17) is 0 Å². The zero-order chi connectivity index (χ0) is 17.3. The number of hydrogen-bond acceptors (Lipinski definition) is 4. The van der Waals surface area contributed by atoms with E-state index in [1.54, 1.807) is 0 Å². The number of aliphatic hydroxyl groups is 1. The van der Waals surface area contributed by atoms with E-state index in [1.807, 2.05) is 6.92 Å². The number of benzene rings is 1. The number of carboxylic acid groups (broad SMARTS) is 1. The van der Waals surface area contributed by atoms with Gasteiger partial charge in [-0.2, -0.15) is 4.31 Å². The molecule has 0 unspecified atom stereocenters. The Bertz CT molecular complexity index is 676. The van der Waals surface area contributed by atoms with Gasteiger partial charge in [-0.05, 0) is 37.1 Å². The van der Waals surface area contributed by atoms with Gasteiger partial charge >= 0.3 is 5.97 Å². The molecule has 128 valence electrons. The van der Waals surface area contributed by atoms with E-state index < -0.39 is 33.3 Å². The highest BCUT2D eigenvalue weighted by atomic mass is 32.2. The molecule has 8 heteroatoms. The predicted molar refractivity (Wildman–Crippen MR) is 80.8 cm³/mol. The third-order valence-electron chi connectivity index (χ3n) is 4.40. The molecule has 1 aromatic carbocycles. The van der Waals surface area contributed by atoms with Crippen LogP contribution in [0.15, 0.2) is 29.2 Å². The van der Waals surface area contributed by atoms with Crippen molar-refractivity contribution < 1.29 is 27.8 Å². The smallest absolute Gasteiger partial charge is 0.312 e. The molecular formula is C15H20FNO5S. The van der Waals surface area contributed by atoms with Crippen molar-refractivity contribution in [3.63, 3.8) is 0 Å². The minimum absolute atomic E-state index is 0.00305. The maximum absolute atomic E-state index is 12.9. The Balaban J connectivity index is 2.25. The van der Waals surface area contributed by atoms with Crippen molar-refractivity contribution in [3.8, 4) is 0 Å². The van der Waals surface area contributed by atoms with Gasteiger partial charge in [0.05, 0.1) is 16.4 Å². The van der Waals surface area contributed by atoms with Crippen LogP contribution in [0.25, 0.3) is 0 Å². The first-order chi connectivity index (χ1) is 10.7. The van der Waals surface area contributed by atoms with Gasteiger partial charge in [-0.25, -0.2) is 12.8 Å². The Morgan fingerprint density at radius 1 is 1.39 bits per heavy atom. The lowest BCUT2D eigenvalue weighted by atomic mass is 9.73. The van der Waals surface area contributed by atoms with Gasteiger partial charge in [-0.3, -0.25) is 4.79 Å². The van der Waals surface area contributed by atoms with Crippen LogP contribution in [0.4, 0.5) is 4.39 Å². The van der Waals surface area contributed by atoms with Crippen LogP contribution in [-0.4, -0.2) is 48.1 Å². The Kier molecular flexibility index (Phi) is 5.07. The number of carboxylic acids is 1. The summed E-state index contributed by atoms with van der Waals surface area (Å²) >= 11 is 0. The number of nitrogens with zero attached hydrogens (tertiary/aromatic N) is 1. The molecule has 23 heavy (non-hydrogen) atoms. The fourth-order valence-corrected chi connectivity index (χ4v) is 4.47. The van der Waals surface area contributed by atoms with Gasteiger partial charge in [0, 0.05) is 13.1 Å². The maximum Gasteiger partial charge on any atom is 0.312 e. The van der Waals surface area contributed by atoms with Crippen molar-refractivity contribution in [2.75, 3.05) is 13.1 Å². The third kappa shape index (κ3) is 3.24. The molecule has 0 aromatic heterocycles. The van der Waals surface area contributed by atoms with Gasteiger partial charge < -0.3 is 10.2 Å². The Morgan fingerprint density at radius 3 is 2.48 bits per heavy atom. The van der Waals surface area contributed by atoms with Gasteiger partial charge in [0.2, 0.25) is 10.0 Å². The normalized spacial score (nSPS) is 26.1. The first kappa shape index (κ1) is 17.8. The van der Waals surface area contributed by atoms with Gasteiger partial charge in [0.15, 0.2) is 0 Å². The molecule has 2 N–H and O–H groups in total. The van der Waals surface area contributed by atoms with E-state index in [9.17, 15) is 27.8 Å². The van der Waals surface area contributed by atoms with Crippen LogP contribution in [0.2, 0.25) is 0 Å². The fourth-order valence-electron chi connectivity index (χ4n) is 3.02. The minimum atomic E-state index is -3.89. The quantitative estimate of drug-likeness (QED) is 0.842. The SMILES string of the molecule is CCC[C@]1(C(=O)O)CCN(S(=O)(=O)c2ccc(F)cc2)C[C@H]1O. The van der Waals surface area contributed by atoms with Crippen molar-refractivity contribution in [3.05, 3.63) is 30.1 Å². The number of carbonyl (C=O) groups is 1. The van der Waals surface area contributed by atoms with E-state index >= 15 is 0 Å². The van der Waals surface area contributed by atoms with Crippen LogP contribution >= 0.6 is 0 Å². The van der Waals surface area contributed by atoms with Crippen LogP contribution in [0.1, 0.15) is 26.2 Å². The molecule has 0 bridgehead atoms. The lowest BCUT2D eigenvalue weighted by Crippen LogP contribution is -2.55. The molecule has 1 saturated heterocycles.